The Bertz CT molecular complexity index is 1000. The zero-order valence-corrected chi connectivity index (χ0v) is 16.3. The first-order chi connectivity index (χ1) is 13.3. The van der Waals surface area contributed by atoms with Gasteiger partial charge in [0, 0.05) is 12.6 Å². The van der Waals surface area contributed by atoms with Gasteiger partial charge in [0.05, 0.1) is 18.0 Å². The van der Waals surface area contributed by atoms with Crippen LogP contribution in [0, 0.1) is 11.6 Å². The van der Waals surface area contributed by atoms with Crippen molar-refractivity contribution in [2.75, 3.05) is 25.2 Å². The summed E-state index contributed by atoms with van der Waals surface area (Å²) in [5, 5.41) is 2.43. The number of hydrogen-bond donors (Lipinski definition) is 1. The Kier molecular flexibility index (Phi) is 6.86. The van der Waals surface area contributed by atoms with E-state index >= 15 is 0 Å². The molecule has 0 aliphatic heterocycles. The van der Waals surface area contributed by atoms with Gasteiger partial charge in [0.15, 0.2) is 23.2 Å². The van der Waals surface area contributed by atoms with Gasteiger partial charge in [0.1, 0.15) is 12.7 Å². The van der Waals surface area contributed by atoms with Gasteiger partial charge in [-0.05, 0) is 23.7 Å². The second-order valence-corrected chi connectivity index (χ2v) is 7.49. The number of benzene rings is 1. The fraction of sp³-hybridized carbons (Fsp3) is 0.333. The zero-order valence-electron chi connectivity index (χ0n) is 14.7. The van der Waals surface area contributed by atoms with Crippen molar-refractivity contribution in [2.45, 2.75) is 12.3 Å². The van der Waals surface area contributed by atoms with Crippen LogP contribution in [0.3, 0.4) is 0 Å². The van der Waals surface area contributed by atoms with Crippen LogP contribution < -0.4 is 10.1 Å². The number of hydrogen-bond acceptors (Lipinski definition) is 7. The van der Waals surface area contributed by atoms with E-state index in [0.717, 1.165) is 6.20 Å². The summed E-state index contributed by atoms with van der Waals surface area (Å²) in [6, 6.07) is 0.114. The van der Waals surface area contributed by atoms with E-state index < -0.39 is 51.8 Å². The van der Waals surface area contributed by atoms with Crippen LogP contribution >= 0.6 is 11.6 Å². The van der Waals surface area contributed by atoms with Crippen molar-refractivity contribution in [1.29, 1.82) is 0 Å². The minimum Gasteiger partial charge on any atom is -0.485 e. The lowest BCUT2D eigenvalue weighted by atomic mass is 10.0. The van der Waals surface area contributed by atoms with E-state index in [-0.39, 0.29) is 29.0 Å². The number of nitrogens with zero attached hydrogens (tertiary/aromatic N) is 2. The van der Waals surface area contributed by atoms with Gasteiger partial charge in [0.2, 0.25) is 5.28 Å². The topological polar surface area (TPSA) is 90.4 Å². The Morgan fingerprint density at radius 3 is 2.41 bits per heavy atom. The van der Waals surface area contributed by atoms with E-state index in [1.54, 1.807) is 0 Å². The van der Waals surface area contributed by atoms with Gasteiger partial charge in [0.25, 0.3) is 10.1 Å². The Labute approximate surface area is 166 Å². The molecule has 7 nitrogen and oxygen atoms in total. The molecule has 0 saturated heterocycles. The quantitative estimate of drug-likeness (QED) is 0.383. The molecule has 0 saturated carbocycles. The van der Waals surface area contributed by atoms with E-state index in [4.69, 9.17) is 16.3 Å². The number of halogens is 6. The Balaban J connectivity index is 2.49. The summed E-state index contributed by atoms with van der Waals surface area (Å²) in [4.78, 5) is 7.41. The third kappa shape index (κ3) is 6.11. The van der Waals surface area contributed by atoms with Gasteiger partial charge in [-0.2, -0.15) is 26.6 Å². The lowest BCUT2D eigenvalue weighted by molar-refractivity contribution is -0.139. The molecule has 0 bridgehead atoms. The highest BCUT2D eigenvalue weighted by atomic mass is 35.5. The van der Waals surface area contributed by atoms with Crippen LogP contribution in [0.15, 0.2) is 18.3 Å². The molecule has 14 heteroatoms. The maximum absolute atomic E-state index is 13.6. The first-order valence-electron chi connectivity index (χ1n) is 7.59. The van der Waals surface area contributed by atoms with Gasteiger partial charge in [-0.15, -0.1) is 0 Å². The molecule has 0 aliphatic carbocycles. The molecule has 1 aromatic carbocycles. The van der Waals surface area contributed by atoms with Gasteiger partial charge in [-0.3, -0.25) is 4.18 Å². The molecule has 0 radical (unpaired) electrons. The summed E-state index contributed by atoms with van der Waals surface area (Å²) >= 11 is 5.62. The van der Waals surface area contributed by atoms with Crippen molar-refractivity contribution in [2.24, 2.45) is 0 Å². The Morgan fingerprint density at radius 1 is 1.24 bits per heavy atom. The first kappa shape index (κ1) is 23.0. The predicted molar refractivity (Wildman–Crippen MR) is 92.1 cm³/mol. The molecule has 2 rings (SSSR count). The van der Waals surface area contributed by atoms with Crippen LogP contribution in [0.5, 0.6) is 5.75 Å². The predicted octanol–water partition coefficient (Wildman–Crippen LogP) is 3.57. The standard InChI is InChI=1S/C15H13ClF5N3O4S/c1-22-13-11(5-23-14(16)24-13)27-6-12(28-29(2,25)26)7-3-9(17)10(18)4-8(7)15(19,20)21/h3-5,12H,6H2,1-2H3,(H,22,23,24). The highest BCUT2D eigenvalue weighted by Gasteiger charge is 2.38. The van der Waals surface area contributed by atoms with Gasteiger partial charge < -0.3 is 10.1 Å². The minimum absolute atomic E-state index is 0.0458. The molecule has 2 aromatic rings. The Hall–Kier alpha value is -2.25. The van der Waals surface area contributed by atoms with E-state index in [2.05, 4.69) is 19.5 Å². The van der Waals surface area contributed by atoms with Crippen LogP contribution in [0.4, 0.5) is 27.8 Å². The lowest BCUT2D eigenvalue weighted by Gasteiger charge is -2.22. The van der Waals surface area contributed by atoms with Crippen LogP contribution in [0.2, 0.25) is 5.28 Å². The van der Waals surface area contributed by atoms with Crippen LogP contribution in [-0.4, -0.2) is 38.3 Å². The normalized spacial score (nSPS) is 13.2. The average molecular weight is 462 g/mol. The summed E-state index contributed by atoms with van der Waals surface area (Å²) in [6.45, 7) is -0.832. The van der Waals surface area contributed by atoms with Gasteiger partial charge in [-0.25, -0.2) is 13.8 Å². The molecular formula is C15H13ClF5N3O4S. The maximum atomic E-state index is 13.6. The van der Waals surface area contributed by atoms with Crippen molar-refractivity contribution in [1.82, 2.24) is 9.97 Å². The van der Waals surface area contributed by atoms with E-state index in [1.807, 2.05) is 0 Å². The minimum atomic E-state index is -5.12. The number of ether oxygens (including phenoxy) is 1. The van der Waals surface area contributed by atoms with Crippen molar-refractivity contribution in [3.05, 3.63) is 46.4 Å². The lowest BCUT2D eigenvalue weighted by Crippen LogP contribution is -2.22. The SMILES string of the molecule is CNc1nc(Cl)ncc1OCC(OS(C)(=O)=O)c1cc(F)c(F)cc1C(F)(F)F. The van der Waals surface area contributed by atoms with Crippen molar-refractivity contribution < 1.29 is 39.3 Å². The molecule has 1 heterocycles. The van der Waals surface area contributed by atoms with Crippen LogP contribution in [0.25, 0.3) is 0 Å². The maximum Gasteiger partial charge on any atom is 0.416 e. The summed E-state index contributed by atoms with van der Waals surface area (Å²) < 4.78 is 99.9. The molecule has 1 unspecified atom stereocenters. The molecule has 0 amide bonds. The number of alkyl halides is 3. The fourth-order valence-corrected chi connectivity index (χ4v) is 2.97. The molecule has 0 aliphatic rings. The molecule has 1 atom stereocenters. The second kappa shape index (κ2) is 8.63. The molecule has 29 heavy (non-hydrogen) atoms. The van der Waals surface area contributed by atoms with E-state index in [0.29, 0.717) is 6.26 Å². The molecule has 0 spiro atoms. The molecule has 1 N–H and O–H groups in total. The van der Waals surface area contributed by atoms with Crippen LogP contribution in [-0.2, 0) is 20.5 Å². The average Bonchev–Trinajstić information content (AvgIpc) is 2.59. The largest absolute Gasteiger partial charge is 0.485 e. The summed E-state index contributed by atoms with van der Waals surface area (Å²) in [5.41, 5.74) is -2.59. The first-order valence-corrected chi connectivity index (χ1v) is 9.78. The van der Waals surface area contributed by atoms with E-state index in [9.17, 15) is 30.4 Å². The molecular weight excluding hydrogens is 449 g/mol. The van der Waals surface area contributed by atoms with Crippen molar-refractivity contribution in [3.8, 4) is 5.75 Å². The number of nitrogens with one attached hydrogen (secondary N) is 1. The summed E-state index contributed by atoms with van der Waals surface area (Å²) in [5.74, 6) is -3.44. The van der Waals surface area contributed by atoms with Crippen LogP contribution in [0.1, 0.15) is 17.2 Å². The van der Waals surface area contributed by atoms with Gasteiger partial charge in [-0.1, -0.05) is 0 Å². The highest BCUT2D eigenvalue weighted by Crippen LogP contribution is 2.38. The highest BCUT2D eigenvalue weighted by molar-refractivity contribution is 7.86. The Morgan fingerprint density at radius 2 is 1.86 bits per heavy atom. The second-order valence-electron chi connectivity index (χ2n) is 5.55. The third-order valence-electron chi connectivity index (χ3n) is 3.39. The monoisotopic (exact) mass is 461 g/mol. The summed E-state index contributed by atoms with van der Waals surface area (Å²) in [7, 11) is -2.88. The number of anilines is 1. The molecule has 1 aromatic heterocycles. The number of rotatable bonds is 7. The number of aromatic nitrogens is 2. The van der Waals surface area contributed by atoms with Gasteiger partial charge >= 0.3 is 6.18 Å². The smallest absolute Gasteiger partial charge is 0.416 e. The molecule has 0 fully saturated rings. The zero-order chi connectivity index (χ0) is 22.0. The summed E-state index contributed by atoms with van der Waals surface area (Å²) in [6.07, 6.45) is -5.42. The van der Waals surface area contributed by atoms with Crippen molar-refractivity contribution in [3.63, 3.8) is 0 Å². The van der Waals surface area contributed by atoms with Crippen molar-refractivity contribution >= 4 is 27.5 Å². The fourth-order valence-electron chi connectivity index (χ4n) is 2.25. The third-order valence-corrected chi connectivity index (χ3v) is 4.15. The van der Waals surface area contributed by atoms with E-state index in [1.165, 1.54) is 7.05 Å². The molecule has 160 valence electrons.